The normalized spacial score (nSPS) is 29.6. The maximum Gasteiger partial charge on any atom is 0.179 e. The van der Waals surface area contributed by atoms with Crippen molar-refractivity contribution in [3.8, 4) is 0 Å². The zero-order valence-electron chi connectivity index (χ0n) is 7.25. The number of nitrogens with zero attached hydrogens (tertiary/aromatic N) is 2. The molecule has 0 spiro atoms. The molecule has 0 saturated heterocycles. The first-order valence-electron chi connectivity index (χ1n) is 3.70. The minimum Gasteiger partial charge on any atom is -0.367 e. The van der Waals surface area contributed by atoms with Crippen LogP contribution in [0.3, 0.4) is 0 Å². The zero-order chi connectivity index (χ0) is 9.19. The molecule has 1 heterocycles. The van der Waals surface area contributed by atoms with Crippen molar-refractivity contribution in [2.45, 2.75) is 5.72 Å². The first-order valence-corrected chi connectivity index (χ1v) is 5.22. The number of halogens is 1. The molecule has 1 unspecified atom stereocenters. The number of aliphatic hydroxyl groups is 1. The van der Waals surface area contributed by atoms with Crippen LogP contribution in [0.15, 0.2) is 4.99 Å². The number of rotatable bonds is 3. The van der Waals surface area contributed by atoms with Crippen LogP contribution < -0.4 is 0 Å². The van der Waals surface area contributed by atoms with Crippen molar-refractivity contribution in [1.82, 2.24) is 4.90 Å². The van der Waals surface area contributed by atoms with Crippen molar-refractivity contribution in [2.24, 2.45) is 4.99 Å². The van der Waals surface area contributed by atoms with E-state index in [-0.39, 0.29) is 5.88 Å². The molecule has 0 bridgehead atoms. The maximum atomic E-state index is 9.62. The number of thioether (sulfide) groups is 1. The van der Waals surface area contributed by atoms with Crippen LogP contribution in [0, 0.1) is 0 Å². The number of hydrogen-bond acceptors (Lipinski definition) is 4. The Bertz CT molecular complexity index is 198. The Labute approximate surface area is 81.8 Å². The van der Waals surface area contributed by atoms with Gasteiger partial charge in [0.05, 0.1) is 16.7 Å². The largest absolute Gasteiger partial charge is 0.367 e. The SMILES string of the molecule is CN(C)CC1=NC(O)(CCl)CS1. The van der Waals surface area contributed by atoms with Crippen LogP contribution in [0.25, 0.3) is 0 Å². The minimum atomic E-state index is -1.02. The first kappa shape index (κ1) is 10.3. The van der Waals surface area contributed by atoms with Gasteiger partial charge in [0.25, 0.3) is 0 Å². The highest BCUT2D eigenvalue weighted by molar-refractivity contribution is 8.14. The van der Waals surface area contributed by atoms with Gasteiger partial charge in [-0.2, -0.15) is 0 Å². The van der Waals surface area contributed by atoms with Crippen molar-refractivity contribution in [3.05, 3.63) is 0 Å². The van der Waals surface area contributed by atoms with Crippen molar-refractivity contribution < 1.29 is 5.11 Å². The molecule has 1 aliphatic heterocycles. The Balaban J connectivity index is 2.53. The molecule has 0 saturated carbocycles. The molecule has 70 valence electrons. The van der Waals surface area contributed by atoms with E-state index < -0.39 is 5.72 Å². The second kappa shape index (κ2) is 3.96. The summed E-state index contributed by atoms with van der Waals surface area (Å²) < 4.78 is 0. The Morgan fingerprint density at radius 2 is 2.42 bits per heavy atom. The molecule has 0 aromatic rings. The molecule has 1 atom stereocenters. The van der Waals surface area contributed by atoms with Gasteiger partial charge in [-0.05, 0) is 14.1 Å². The van der Waals surface area contributed by atoms with Gasteiger partial charge in [-0.1, -0.05) is 0 Å². The fourth-order valence-corrected chi connectivity index (χ4v) is 2.33. The van der Waals surface area contributed by atoms with Crippen LogP contribution >= 0.6 is 23.4 Å². The third-order valence-corrected chi connectivity index (χ3v) is 3.06. The summed E-state index contributed by atoms with van der Waals surface area (Å²) in [7, 11) is 3.95. The predicted octanol–water partition coefficient (Wildman–Crippen LogP) is 0.621. The van der Waals surface area contributed by atoms with Gasteiger partial charge in [-0.15, -0.1) is 23.4 Å². The lowest BCUT2D eigenvalue weighted by Crippen LogP contribution is -2.28. The summed E-state index contributed by atoms with van der Waals surface area (Å²) in [5, 5.41) is 10.6. The molecule has 1 N–H and O–H groups in total. The average molecular weight is 209 g/mol. The molecule has 3 nitrogen and oxygen atoms in total. The van der Waals surface area contributed by atoms with Crippen LogP contribution in [-0.4, -0.2) is 53.0 Å². The summed E-state index contributed by atoms with van der Waals surface area (Å²) in [4.78, 5) is 6.16. The van der Waals surface area contributed by atoms with Crippen molar-refractivity contribution in [1.29, 1.82) is 0 Å². The van der Waals surface area contributed by atoms with E-state index in [1.165, 1.54) is 0 Å². The predicted molar refractivity (Wildman–Crippen MR) is 54.1 cm³/mol. The Hall–Kier alpha value is 0.230. The van der Waals surface area contributed by atoms with E-state index in [1.807, 2.05) is 19.0 Å². The smallest absolute Gasteiger partial charge is 0.179 e. The molecule has 1 aliphatic rings. The van der Waals surface area contributed by atoms with E-state index in [9.17, 15) is 5.11 Å². The second-order valence-electron chi connectivity index (χ2n) is 3.15. The molecule has 0 amide bonds. The lowest BCUT2D eigenvalue weighted by atomic mass is 10.3. The van der Waals surface area contributed by atoms with Gasteiger partial charge >= 0.3 is 0 Å². The second-order valence-corrected chi connectivity index (χ2v) is 4.46. The lowest BCUT2D eigenvalue weighted by molar-refractivity contribution is 0.102. The van der Waals surface area contributed by atoms with E-state index in [4.69, 9.17) is 11.6 Å². The summed E-state index contributed by atoms with van der Waals surface area (Å²) in [5.74, 6) is 0.761. The minimum absolute atomic E-state index is 0.178. The quantitative estimate of drug-likeness (QED) is 0.691. The van der Waals surface area contributed by atoms with E-state index in [1.54, 1.807) is 11.8 Å². The van der Waals surface area contributed by atoms with Crippen LogP contribution in [0.2, 0.25) is 0 Å². The molecular weight excluding hydrogens is 196 g/mol. The molecule has 5 heteroatoms. The third kappa shape index (κ3) is 2.62. The monoisotopic (exact) mass is 208 g/mol. The molecule has 0 aromatic heterocycles. The molecule has 12 heavy (non-hydrogen) atoms. The molecule has 1 rings (SSSR count). The van der Waals surface area contributed by atoms with Crippen LogP contribution in [-0.2, 0) is 0 Å². The first-order chi connectivity index (χ1) is 5.56. The van der Waals surface area contributed by atoms with E-state index >= 15 is 0 Å². The van der Waals surface area contributed by atoms with Crippen molar-refractivity contribution in [2.75, 3.05) is 32.3 Å². The molecule has 0 aliphatic carbocycles. The van der Waals surface area contributed by atoms with Gasteiger partial charge in [0, 0.05) is 6.54 Å². The highest BCUT2D eigenvalue weighted by atomic mass is 35.5. The summed E-state index contributed by atoms with van der Waals surface area (Å²) in [6.45, 7) is 0.782. The highest BCUT2D eigenvalue weighted by Gasteiger charge is 2.31. The summed E-state index contributed by atoms with van der Waals surface area (Å²) in [5.41, 5.74) is -1.02. The fraction of sp³-hybridized carbons (Fsp3) is 0.857. The Morgan fingerprint density at radius 3 is 2.83 bits per heavy atom. The Morgan fingerprint density at radius 1 is 1.75 bits per heavy atom. The Kier molecular flexibility index (Phi) is 3.40. The topological polar surface area (TPSA) is 35.8 Å². The number of hydrogen-bond donors (Lipinski definition) is 1. The maximum absolute atomic E-state index is 9.62. The average Bonchev–Trinajstić information content (AvgIpc) is 2.32. The van der Waals surface area contributed by atoms with Gasteiger partial charge in [0.15, 0.2) is 5.72 Å². The van der Waals surface area contributed by atoms with Crippen molar-refractivity contribution >= 4 is 28.4 Å². The third-order valence-electron chi connectivity index (χ3n) is 1.47. The van der Waals surface area contributed by atoms with Crippen LogP contribution in [0.5, 0.6) is 0 Å². The molecule has 0 aromatic carbocycles. The summed E-state index contributed by atoms with van der Waals surface area (Å²) in [6, 6.07) is 0. The van der Waals surface area contributed by atoms with Gasteiger partial charge in [0.1, 0.15) is 0 Å². The lowest BCUT2D eigenvalue weighted by Gasteiger charge is -2.12. The van der Waals surface area contributed by atoms with E-state index in [0.29, 0.717) is 5.75 Å². The highest BCUT2D eigenvalue weighted by Crippen LogP contribution is 2.26. The number of alkyl halides is 1. The van der Waals surface area contributed by atoms with Gasteiger partial charge < -0.3 is 10.0 Å². The molecular formula is C7H13ClN2OS. The van der Waals surface area contributed by atoms with Crippen molar-refractivity contribution in [3.63, 3.8) is 0 Å². The van der Waals surface area contributed by atoms with E-state index in [2.05, 4.69) is 4.99 Å². The fourth-order valence-electron chi connectivity index (χ4n) is 0.916. The van der Waals surface area contributed by atoms with Crippen LogP contribution in [0.1, 0.15) is 0 Å². The molecule has 0 radical (unpaired) electrons. The van der Waals surface area contributed by atoms with Gasteiger partial charge in [0.2, 0.25) is 0 Å². The summed E-state index contributed by atoms with van der Waals surface area (Å²) >= 11 is 7.14. The van der Waals surface area contributed by atoms with Gasteiger partial charge in [-0.3, -0.25) is 0 Å². The zero-order valence-corrected chi connectivity index (χ0v) is 8.82. The van der Waals surface area contributed by atoms with Crippen LogP contribution in [0.4, 0.5) is 0 Å². The standard InChI is InChI=1S/C7H13ClN2OS/c1-10(2)3-6-9-7(11,4-8)5-12-6/h11H,3-5H2,1-2H3. The number of aliphatic imine (C=N–C) groups is 1. The van der Waals surface area contributed by atoms with E-state index in [0.717, 1.165) is 11.6 Å². The van der Waals surface area contributed by atoms with Gasteiger partial charge in [-0.25, -0.2) is 4.99 Å². The summed E-state index contributed by atoms with van der Waals surface area (Å²) in [6.07, 6.45) is 0. The molecule has 0 fully saturated rings.